The lowest BCUT2D eigenvalue weighted by Crippen LogP contribution is -2.24. The quantitative estimate of drug-likeness (QED) is 0.473. The number of hydrogen-bond acceptors (Lipinski definition) is 3. The Morgan fingerprint density at radius 1 is 1.06 bits per heavy atom. The second-order valence-corrected chi connectivity index (χ2v) is 5.33. The van der Waals surface area contributed by atoms with E-state index in [1.54, 1.807) is 13.8 Å². The van der Waals surface area contributed by atoms with E-state index in [1.165, 1.54) is 32.1 Å². The molecule has 0 bridgehead atoms. The van der Waals surface area contributed by atoms with E-state index in [9.17, 15) is 9.90 Å². The van der Waals surface area contributed by atoms with Crippen molar-refractivity contribution in [2.24, 2.45) is 0 Å². The Kier molecular flexibility index (Phi) is 9.14. The lowest BCUT2D eigenvalue weighted by molar-refractivity contribution is -0.148. The molecule has 0 aromatic carbocycles. The molecule has 3 nitrogen and oxygen atoms in total. The molecule has 0 amide bonds. The average Bonchev–Trinajstić information content (AvgIpc) is 2.19. The van der Waals surface area contributed by atoms with Crippen molar-refractivity contribution in [1.82, 2.24) is 0 Å². The van der Waals surface area contributed by atoms with Crippen LogP contribution in [0.15, 0.2) is 0 Å². The number of carbonyl (C=O) groups is 1. The summed E-state index contributed by atoms with van der Waals surface area (Å²) in [6.45, 7) is 5.93. The Balaban J connectivity index is 3.25. The number of carbonyl (C=O) groups excluding carboxylic acids is 1. The Hall–Kier alpha value is -0.570. The monoisotopic (exact) mass is 244 g/mol. The molecule has 0 fully saturated rings. The van der Waals surface area contributed by atoms with Gasteiger partial charge >= 0.3 is 5.97 Å². The van der Waals surface area contributed by atoms with Crippen LogP contribution >= 0.6 is 0 Å². The summed E-state index contributed by atoms with van der Waals surface area (Å²) in [5, 5.41) is 9.41. The fourth-order valence-electron chi connectivity index (χ4n) is 1.65. The molecule has 0 heterocycles. The van der Waals surface area contributed by atoms with E-state index >= 15 is 0 Å². The van der Waals surface area contributed by atoms with E-state index in [1.807, 2.05) is 0 Å². The third-order valence-corrected chi connectivity index (χ3v) is 2.59. The first-order valence-electron chi connectivity index (χ1n) is 6.83. The molecular weight excluding hydrogens is 216 g/mol. The van der Waals surface area contributed by atoms with E-state index in [2.05, 4.69) is 6.92 Å². The van der Waals surface area contributed by atoms with Crippen LogP contribution in [0.1, 0.15) is 72.1 Å². The summed E-state index contributed by atoms with van der Waals surface area (Å²) < 4.78 is 5.05. The zero-order valence-corrected chi connectivity index (χ0v) is 11.6. The fraction of sp³-hybridized carbons (Fsp3) is 0.929. The molecule has 0 aliphatic rings. The van der Waals surface area contributed by atoms with Gasteiger partial charge in [-0.05, 0) is 20.3 Å². The third kappa shape index (κ3) is 13.4. The smallest absolute Gasteiger partial charge is 0.308 e. The highest BCUT2D eigenvalue weighted by Gasteiger charge is 2.18. The molecule has 0 aliphatic carbocycles. The van der Waals surface area contributed by atoms with Gasteiger partial charge in [0.05, 0.1) is 18.6 Å². The summed E-state index contributed by atoms with van der Waals surface area (Å²) in [5.74, 6) is -0.302. The van der Waals surface area contributed by atoms with Crippen molar-refractivity contribution in [3.8, 4) is 0 Å². The first-order chi connectivity index (χ1) is 7.95. The van der Waals surface area contributed by atoms with Crippen LogP contribution in [-0.2, 0) is 9.53 Å². The Labute approximate surface area is 106 Å². The SMILES string of the molecule is CCCCCCCCCOC(=O)CC(C)(C)O. The minimum absolute atomic E-state index is 0.0729. The van der Waals surface area contributed by atoms with Gasteiger partial charge in [-0.25, -0.2) is 0 Å². The molecule has 0 saturated carbocycles. The van der Waals surface area contributed by atoms with E-state index in [0.717, 1.165) is 12.8 Å². The van der Waals surface area contributed by atoms with Gasteiger partial charge in [0.1, 0.15) is 0 Å². The lowest BCUT2D eigenvalue weighted by Gasteiger charge is -2.15. The second kappa shape index (κ2) is 9.46. The van der Waals surface area contributed by atoms with Crippen LogP contribution in [0.2, 0.25) is 0 Å². The van der Waals surface area contributed by atoms with Crippen molar-refractivity contribution < 1.29 is 14.6 Å². The molecule has 102 valence electrons. The maximum Gasteiger partial charge on any atom is 0.308 e. The highest BCUT2D eigenvalue weighted by molar-refractivity contribution is 5.70. The number of hydrogen-bond donors (Lipinski definition) is 1. The van der Waals surface area contributed by atoms with Crippen LogP contribution in [0.3, 0.4) is 0 Å². The summed E-state index contributed by atoms with van der Waals surface area (Å²) in [5.41, 5.74) is -0.961. The van der Waals surface area contributed by atoms with E-state index in [0.29, 0.717) is 6.61 Å². The molecule has 0 aliphatic heterocycles. The first-order valence-corrected chi connectivity index (χ1v) is 6.83. The van der Waals surface area contributed by atoms with Crippen LogP contribution in [-0.4, -0.2) is 23.3 Å². The Bertz CT molecular complexity index is 194. The maximum atomic E-state index is 11.3. The van der Waals surface area contributed by atoms with Crippen LogP contribution in [0.4, 0.5) is 0 Å². The van der Waals surface area contributed by atoms with Crippen molar-refractivity contribution in [2.45, 2.75) is 77.7 Å². The Morgan fingerprint density at radius 2 is 1.59 bits per heavy atom. The zero-order valence-electron chi connectivity index (χ0n) is 11.6. The number of aliphatic hydroxyl groups is 1. The molecule has 0 radical (unpaired) electrons. The zero-order chi connectivity index (χ0) is 13.1. The molecule has 0 aromatic rings. The molecule has 3 heteroatoms. The van der Waals surface area contributed by atoms with Gasteiger partial charge in [0.15, 0.2) is 0 Å². The van der Waals surface area contributed by atoms with Gasteiger partial charge in [0.25, 0.3) is 0 Å². The van der Waals surface area contributed by atoms with Crippen molar-refractivity contribution in [2.75, 3.05) is 6.61 Å². The number of unbranched alkanes of at least 4 members (excludes halogenated alkanes) is 6. The molecule has 17 heavy (non-hydrogen) atoms. The minimum Gasteiger partial charge on any atom is -0.466 e. The van der Waals surface area contributed by atoms with Crippen LogP contribution < -0.4 is 0 Å². The summed E-state index contributed by atoms with van der Waals surface area (Å²) in [6, 6.07) is 0. The summed E-state index contributed by atoms with van der Waals surface area (Å²) in [6.07, 6.45) is 8.55. The molecule has 0 spiro atoms. The van der Waals surface area contributed by atoms with E-state index < -0.39 is 5.60 Å². The van der Waals surface area contributed by atoms with Gasteiger partial charge < -0.3 is 9.84 Å². The standard InChI is InChI=1S/C14H28O3/c1-4-5-6-7-8-9-10-11-17-13(15)12-14(2,3)16/h16H,4-12H2,1-3H3. The maximum absolute atomic E-state index is 11.3. The van der Waals surface area contributed by atoms with Crippen LogP contribution in [0, 0.1) is 0 Å². The Morgan fingerprint density at radius 3 is 2.12 bits per heavy atom. The topological polar surface area (TPSA) is 46.5 Å². The molecule has 0 rings (SSSR count). The van der Waals surface area contributed by atoms with Gasteiger partial charge in [-0.3, -0.25) is 4.79 Å². The first kappa shape index (κ1) is 16.4. The van der Waals surface area contributed by atoms with Gasteiger partial charge in [0.2, 0.25) is 0 Å². The summed E-state index contributed by atoms with van der Waals surface area (Å²) >= 11 is 0. The number of ether oxygens (including phenoxy) is 1. The normalized spacial score (nSPS) is 11.5. The fourth-order valence-corrected chi connectivity index (χ4v) is 1.65. The number of esters is 1. The highest BCUT2D eigenvalue weighted by atomic mass is 16.5. The second-order valence-electron chi connectivity index (χ2n) is 5.33. The number of rotatable bonds is 10. The van der Waals surface area contributed by atoms with Gasteiger partial charge in [0, 0.05) is 0 Å². The summed E-state index contributed by atoms with van der Waals surface area (Å²) in [7, 11) is 0. The van der Waals surface area contributed by atoms with Crippen molar-refractivity contribution >= 4 is 5.97 Å². The largest absolute Gasteiger partial charge is 0.466 e. The van der Waals surface area contributed by atoms with Crippen molar-refractivity contribution in [3.05, 3.63) is 0 Å². The van der Waals surface area contributed by atoms with Crippen molar-refractivity contribution in [3.63, 3.8) is 0 Å². The van der Waals surface area contributed by atoms with Crippen molar-refractivity contribution in [1.29, 1.82) is 0 Å². The predicted molar refractivity (Wildman–Crippen MR) is 69.9 cm³/mol. The van der Waals surface area contributed by atoms with E-state index in [4.69, 9.17) is 4.74 Å². The molecule has 0 unspecified atom stereocenters. The molecule has 0 atom stereocenters. The molecule has 0 saturated heterocycles. The minimum atomic E-state index is -0.961. The third-order valence-electron chi connectivity index (χ3n) is 2.59. The highest BCUT2D eigenvalue weighted by Crippen LogP contribution is 2.09. The molecular formula is C14H28O3. The molecule has 1 N–H and O–H groups in total. The van der Waals surface area contributed by atoms with Gasteiger partial charge in [-0.2, -0.15) is 0 Å². The van der Waals surface area contributed by atoms with Crippen LogP contribution in [0.25, 0.3) is 0 Å². The van der Waals surface area contributed by atoms with Crippen LogP contribution in [0.5, 0.6) is 0 Å². The lowest BCUT2D eigenvalue weighted by atomic mass is 10.1. The van der Waals surface area contributed by atoms with Gasteiger partial charge in [-0.1, -0.05) is 45.4 Å². The summed E-state index contributed by atoms with van der Waals surface area (Å²) in [4.78, 5) is 11.3. The molecule has 0 aromatic heterocycles. The van der Waals surface area contributed by atoms with E-state index in [-0.39, 0.29) is 12.4 Å². The predicted octanol–water partition coefficient (Wildman–Crippen LogP) is 3.44. The van der Waals surface area contributed by atoms with Gasteiger partial charge in [-0.15, -0.1) is 0 Å². The average molecular weight is 244 g/mol.